The Balaban J connectivity index is 1.98. The third-order valence-corrected chi connectivity index (χ3v) is 4.70. The maximum Gasteiger partial charge on any atom is 0.262 e. The summed E-state index contributed by atoms with van der Waals surface area (Å²) in [5.74, 6) is 0.264. The minimum atomic E-state index is -0.705. The molecule has 0 saturated heterocycles. The van der Waals surface area contributed by atoms with Crippen LogP contribution < -0.4 is 15.5 Å². The number of hydrazone groups is 1. The van der Waals surface area contributed by atoms with Crippen LogP contribution in [0.15, 0.2) is 53.6 Å². The molecule has 0 fully saturated rings. The Morgan fingerprint density at radius 1 is 1.16 bits per heavy atom. The standard InChI is InChI=1S/C24H30ClN3O3/c1-4-5-13-31-21-8-6-7-18(15-21)16-26-28-24(30)22(14-17(2)3)27-23(29)19-9-11-20(25)12-10-19/h6-12,15-17,22H,4-5,13-14H2,1-3H3,(H,27,29)(H,28,30)/b26-16+. The summed E-state index contributed by atoms with van der Waals surface area (Å²) in [6, 6.07) is 13.3. The van der Waals surface area contributed by atoms with E-state index in [4.69, 9.17) is 16.3 Å². The fraction of sp³-hybridized carbons (Fsp3) is 0.375. The van der Waals surface area contributed by atoms with Gasteiger partial charge in [0.2, 0.25) is 0 Å². The Morgan fingerprint density at radius 3 is 2.58 bits per heavy atom. The van der Waals surface area contributed by atoms with Crippen molar-refractivity contribution in [3.05, 3.63) is 64.7 Å². The summed E-state index contributed by atoms with van der Waals surface area (Å²) in [5, 5.41) is 7.38. The van der Waals surface area contributed by atoms with Crippen LogP contribution in [0.25, 0.3) is 0 Å². The second-order valence-electron chi connectivity index (χ2n) is 7.67. The van der Waals surface area contributed by atoms with Gasteiger partial charge < -0.3 is 10.1 Å². The van der Waals surface area contributed by atoms with Crippen molar-refractivity contribution in [1.29, 1.82) is 0 Å². The Bertz CT molecular complexity index is 882. The largest absolute Gasteiger partial charge is 0.494 e. The first-order chi connectivity index (χ1) is 14.9. The lowest BCUT2D eigenvalue weighted by molar-refractivity contribution is -0.123. The van der Waals surface area contributed by atoms with Gasteiger partial charge in [-0.2, -0.15) is 5.10 Å². The van der Waals surface area contributed by atoms with E-state index >= 15 is 0 Å². The van der Waals surface area contributed by atoms with Crippen molar-refractivity contribution in [3.63, 3.8) is 0 Å². The first-order valence-electron chi connectivity index (χ1n) is 10.5. The number of hydrogen-bond donors (Lipinski definition) is 2. The van der Waals surface area contributed by atoms with Crippen LogP contribution in [0.3, 0.4) is 0 Å². The van der Waals surface area contributed by atoms with Crippen molar-refractivity contribution in [3.8, 4) is 5.75 Å². The van der Waals surface area contributed by atoms with Crippen molar-refractivity contribution < 1.29 is 14.3 Å². The van der Waals surface area contributed by atoms with Crippen LogP contribution in [0, 0.1) is 5.92 Å². The lowest BCUT2D eigenvalue weighted by Crippen LogP contribution is -2.46. The van der Waals surface area contributed by atoms with Crippen LogP contribution in [-0.4, -0.2) is 30.7 Å². The Morgan fingerprint density at radius 2 is 1.90 bits per heavy atom. The molecule has 1 unspecified atom stereocenters. The van der Waals surface area contributed by atoms with E-state index in [1.807, 2.05) is 38.1 Å². The number of amides is 2. The molecule has 0 aliphatic rings. The highest BCUT2D eigenvalue weighted by Crippen LogP contribution is 2.13. The minimum absolute atomic E-state index is 0.210. The molecular formula is C24H30ClN3O3. The van der Waals surface area contributed by atoms with Crippen molar-refractivity contribution in [2.75, 3.05) is 6.61 Å². The van der Waals surface area contributed by atoms with Gasteiger partial charge in [0, 0.05) is 10.6 Å². The third-order valence-electron chi connectivity index (χ3n) is 4.45. The van der Waals surface area contributed by atoms with Crippen molar-refractivity contribution >= 4 is 29.6 Å². The molecule has 2 aromatic carbocycles. The molecule has 0 aliphatic carbocycles. The molecule has 7 heteroatoms. The average Bonchev–Trinajstić information content (AvgIpc) is 2.74. The predicted octanol–water partition coefficient (Wildman–Crippen LogP) is 4.81. The molecule has 0 saturated carbocycles. The van der Waals surface area contributed by atoms with Gasteiger partial charge in [0.05, 0.1) is 12.8 Å². The maximum absolute atomic E-state index is 12.6. The van der Waals surface area contributed by atoms with Crippen molar-refractivity contribution in [2.24, 2.45) is 11.0 Å². The zero-order valence-electron chi connectivity index (χ0n) is 18.2. The SMILES string of the molecule is CCCCOc1cccc(/C=N/NC(=O)C(CC(C)C)NC(=O)c2ccc(Cl)cc2)c1. The molecule has 31 heavy (non-hydrogen) atoms. The highest BCUT2D eigenvalue weighted by Gasteiger charge is 2.22. The van der Waals surface area contributed by atoms with Gasteiger partial charge in [-0.05, 0) is 60.7 Å². The smallest absolute Gasteiger partial charge is 0.262 e. The molecular weight excluding hydrogens is 414 g/mol. The molecule has 0 aromatic heterocycles. The quantitative estimate of drug-likeness (QED) is 0.297. The maximum atomic E-state index is 12.6. The molecule has 0 radical (unpaired) electrons. The van der Waals surface area contributed by atoms with Gasteiger partial charge in [-0.15, -0.1) is 0 Å². The second-order valence-corrected chi connectivity index (χ2v) is 8.11. The zero-order chi connectivity index (χ0) is 22.6. The summed E-state index contributed by atoms with van der Waals surface area (Å²) in [4.78, 5) is 25.2. The highest BCUT2D eigenvalue weighted by molar-refractivity contribution is 6.30. The molecule has 0 spiro atoms. The van der Waals surface area contributed by atoms with Crippen LogP contribution in [0.5, 0.6) is 5.75 Å². The van der Waals surface area contributed by atoms with Gasteiger partial charge in [0.15, 0.2) is 0 Å². The third kappa shape index (κ3) is 8.80. The van der Waals surface area contributed by atoms with Crippen molar-refractivity contribution in [1.82, 2.24) is 10.7 Å². The van der Waals surface area contributed by atoms with Crippen LogP contribution >= 0.6 is 11.6 Å². The summed E-state index contributed by atoms with van der Waals surface area (Å²) >= 11 is 5.87. The number of carbonyl (C=O) groups is 2. The number of rotatable bonds is 11. The molecule has 166 valence electrons. The summed E-state index contributed by atoms with van der Waals surface area (Å²) < 4.78 is 5.68. The van der Waals surface area contributed by atoms with E-state index in [1.165, 1.54) is 0 Å². The zero-order valence-corrected chi connectivity index (χ0v) is 19.0. The van der Waals surface area contributed by atoms with Crippen LogP contribution in [-0.2, 0) is 4.79 Å². The van der Waals surface area contributed by atoms with Crippen molar-refractivity contribution in [2.45, 2.75) is 46.1 Å². The number of benzene rings is 2. The van der Waals surface area contributed by atoms with E-state index in [1.54, 1.807) is 30.5 Å². The molecule has 2 amide bonds. The minimum Gasteiger partial charge on any atom is -0.494 e. The fourth-order valence-corrected chi connectivity index (χ4v) is 2.94. The van der Waals surface area contributed by atoms with E-state index in [-0.39, 0.29) is 17.7 Å². The van der Waals surface area contributed by atoms with Gasteiger partial charge >= 0.3 is 0 Å². The van der Waals surface area contributed by atoms with Gasteiger partial charge in [-0.3, -0.25) is 9.59 Å². The first kappa shape index (κ1) is 24.4. The molecule has 6 nitrogen and oxygen atoms in total. The summed E-state index contributed by atoms with van der Waals surface area (Å²) in [6.45, 7) is 6.75. The molecule has 0 bridgehead atoms. The van der Waals surface area contributed by atoms with E-state index in [0.717, 1.165) is 24.2 Å². The number of nitrogens with zero attached hydrogens (tertiary/aromatic N) is 1. The summed E-state index contributed by atoms with van der Waals surface area (Å²) in [5.41, 5.74) is 3.77. The fourth-order valence-electron chi connectivity index (χ4n) is 2.81. The van der Waals surface area contributed by atoms with Gasteiger partial charge in [0.1, 0.15) is 11.8 Å². The predicted molar refractivity (Wildman–Crippen MR) is 125 cm³/mol. The summed E-state index contributed by atoms with van der Waals surface area (Å²) in [7, 11) is 0. The van der Waals surface area contributed by atoms with Crippen LogP contribution in [0.4, 0.5) is 0 Å². The van der Waals surface area contributed by atoms with E-state index in [2.05, 4.69) is 22.8 Å². The number of nitrogens with one attached hydrogen (secondary N) is 2. The first-order valence-corrected chi connectivity index (χ1v) is 10.9. The number of hydrogen-bond acceptors (Lipinski definition) is 4. The molecule has 1 atom stereocenters. The molecule has 0 heterocycles. The molecule has 2 N–H and O–H groups in total. The highest BCUT2D eigenvalue weighted by atomic mass is 35.5. The Kier molecular flexibility index (Phi) is 10.0. The van der Waals surface area contributed by atoms with E-state index in [0.29, 0.717) is 23.6 Å². The molecule has 2 aromatic rings. The van der Waals surface area contributed by atoms with Crippen LogP contribution in [0.1, 0.15) is 56.0 Å². The Hall–Kier alpha value is -2.86. The van der Waals surface area contributed by atoms with Gasteiger partial charge in [0.25, 0.3) is 11.8 Å². The lowest BCUT2D eigenvalue weighted by Gasteiger charge is -2.19. The normalized spacial score (nSPS) is 12.0. The lowest BCUT2D eigenvalue weighted by atomic mass is 10.0. The van der Waals surface area contributed by atoms with Gasteiger partial charge in [-0.25, -0.2) is 5.43 Å². The van der Waals surface area contributed by atoms with E-state index < -0.39 is 6.04 Å². The van der Waals surface area contributed by atoms with Gasteiger partial charge in [-0.1, -0.05) is 50.9 Å². The Labute approximate surface area is 189 Å². The number of halogens is 1. The topological polar surface area (TPSA) is 79.8 Å². The monoisotopic (exact) mass is 443 g/mol. The van der Waals surface area contributed by atoms with E-state index in [9.17, 15) is 9.59 Å². The summed E-state index contributed by atoms with van der Waals surface area (Å²) in [6.07, 6.45) is 4.10. The number of unbranched alkanes of at least 4 members (excludes halogenated alkanes) is 1. The number of carbonyl (C=O) groups excluding carboxylic acids is 2. The second kappa shape index (κ2) is 12.7. The number of ether oxygens (including phenoxy) is 1. The molecule has 0 aliphatic heterocycles. The average molecular weight is 444 g/mol. The molecule has 2 rings (SSSR count). The van der Waals surface area contributed by atoms with Crippen LogP contribution in [0.2, 0.25) is 5.02 Å².